The van der Waals surface area contributed by atoms with Crippen molar-refractivity contribution in [1.82, 2.24) is 9.55 Å². The highest BCUT2D eigenvalue weighted by atomic mass is 35.5. The summed E-state index contributed by atoms with van der Waals surface area (Å²) in [6.45, 7) is 3.46. The van der Waals surface area contributed by atoms with E-state index in [9.17, 15) is 4.79 Å². The van der Waals surface area contributed by atoms with Crippen molar-refractivity contribution in [3.8, 4) is 0 Å². The number of nitrogens with one attached hydrogen (secondary N) is 1. The number of rotatable bonds is 4. The smallest absolute Gasteiger partial charge is 0.247 e. The van der Waals surface area contributed by atoms with Crippen LogP contribution >= 0.6 is 11.6 Å². The summed E-state index contributed by atoms with van der Waals surface area (Å²) in [5, 5.41) is 4.47. The van der Waals surface area contributed by atoms with Gasteiger partial charge in [-0.15, -0.1) is 0 Å². The number of aryl methyl sites for hydroxylation is 1. The normalized spacial score (nSPS) is 10.7. The fourth-order valence-corrected chi connectivity index (χ4v) is 2.82. The maximum atomic E-state index is 11.5. The van der Waals surface area contributed by atoms with Crippen LogP contribution in [0.5, 0.6) is 0 Å². The van der Waals surface area contributed by atoms with Gasteiger partial charge < -0.3 is 9.88 Å². The van der Waals surface area contributed by atoms with Crippen LogP contribution in [0, 0.1) is 0 Å². The lowest BCUT2D eigenvalue weighted by molar-refractivity contribution is -0.111. The molecule has 3 aromatic rings. The molecule has 0 fully saturated rings. The fourth-order valence-electron chi connectivity index (χ4n) is 2.61. The Hall–Kier alpha value is -2.59. The largest absolute Gasteiger partial charge is 0.335 e. The van der Waals surface area contributed by atoms with Crippen LogP contribution in [-0.2, 0) is 18.3 Å². The molecule has 0 atom stereocenters. The Labute approximate surface area is 139 Å². The second-order valence-corrected chi connectivity index (χ2v) is 5.80. The second-order valence-electron chi connectivity index (χ2n) is 5.36. The topological polar surface area (TPSA) is 46.9 Å². The van der Waals surface area contributed by atoms with Crippen molar-refractivity contribution in [3.05, 3.63) is 71.5 Å². The Balaban J connectivity index is 2.00. The number of nitrogens with zero attached hydrogens (tertiary/aromatic N) is 2. The Morgan fingerprint density at radius 2 is 2.26 bits per heavy atom. The summed E-state index contributed by atoms with van der Waals surface area (Å²) in [6, 6.07) is 9.73. The third-order valence-electron chi connectivity index (χ3n) is 3.63. The standard InChI is InChI=1S/C18H16ClN3O/c1-3-17(23)21-15-9-16-13(11-22(2)18(16)20-10-15)7-12-5-4-6-14(19)8-12/h3-6,8-11H,1,7H2,2H3,(H,21,23). The number of anilines is 1. The van der Waals surface area contributed by atoms with Gasteiger partial charge in [-0.3, -0.25) is 4.79 Å². The monoisotopic (exact) mass is 325 g/mol. The summed E-state index contributed by atoms with van der Waals surface area (Å²) in [4.78, 5) is 15.9. The number of hydrogen-bond donors (Lipinski definition) is 1. The number of halogens is 1. The molecule has 2 aromatic heterocycles. The van der Waals surface area contributed by atoms with Gasteiger partial charge in [0.25, 0.3) is 0 Å². The summed E-state index contributed by atoms with van der Waals surface area (Å²) in [5.41, 5.74) is 3.79. The highest BCUT2D eigenvalue weighted by molar-refractivity contribution is 6.30. The van der Waals surface area contributed by atoms with Crippen molar-refractivity contribution >= 4 is 34.2 Å². The van der Waals surface area contributed by atoms with Crippen molar-refractivity contribution in [2.75, 3.05) is 5.32 Å². The number of fused-ring (bicyclic) bond motifs is 1. The maximum Gasteiger partial charge on any atom is 0.247 e. The van der Waals surface area contributed by atoms with E-state index in [1.165, 1.54) is 6.08 Å². The highest BCUT2D eigenvalue weighted by Crippen LogP contribution is 2.25. The van der Waals surface area contributed by atoms with Gasteiger partial charge in [0.1, 0.15) is 5.65 Å². The number of amides is 1. The Kier molecular flexibility index (Phi) is 4.17. The number of benzene rings is 1. The molecule has 5 heteroatoms. The summed E-state index contributed by atoms with van der Waals surface area (Å²) < 4.78 is 1.98. The number of pyridine rings is 1. The van der Waals surface area contributed by atoms with Gasteiger partial charge in [-0.1, -0.05) is 30.3 Å². The van der Waals surface area contributed by atoms with E-state index in [1.807, 2.05) is 41.9 Å². The minimum atomic E-state index is -0.251. The molecular weight excluding hydrogens is 310 g/mol. The predicted molar refractivity (Wildman–Crippen MR) is 93.8 cm³/mol. The quantitative estimate of drug-likeness (QED) is 0.738. The van der Waals surface area contributed by atoms with Gasteiger partial charge in [-0.05, 0) is 41.8 Å². The number of hydrogen-bond acceptors (Lipinski definition) is 2. The average Bonchev–Trinajstić information content (AvgIpc) is 2.83. The molecule has 0 aliphatic carbocycles. The minimum absolute atomic E-state index is 0.251. The third-order valence-corrected chi connectivity index (χ3v) is 3.87. The third kappa shape index (κ3) is 3.27. The Bertz CT molecular complexity index is 898. The zero-order chi connectivity index (χ0) is 16.4. The average molecular weight is 326 g/mol. The minimum Gasteiger partial charge on any atom is -0.335 e. The fraction of sp³-hybridized carbons (Fsp3) is 0.111. The van der Waals surface area contributed by atoms with Gasteiger partial charge in [0.15, 0.2) is 0 Å². The SMILES string of the molecule is C=CC(=O)Nc1cnc2c(c1)c(Cc1cccc(Cl)c1)cn2C. The second kappa shape index (κ2) is 6.26. The molecule has 1 N–H and O–H groups in total. The van der Waals surface area contributed by atoms with E-state index >= 15 is 0 Å². The Morgan fingerprint density at radius 3 is 3.00 bits per heavy atom. The van der Waals surface area contributed by atoms with Gasteiger partial charge in [-0.2, -0.15) is 0 Å². The van der Waals surface area contributed by atoms with E-state index in [1.54, 1.807) is 6.20 Å². The molecule has 1 aromatic carbocycles. The van der Waals surface area contributed by atoms with Crippen LogP contribution in [0.15, 0.2) is 55.4 Å². The Morgan fingerprint density at radius 1 is 1.43 bits per heavy atom. The summed E-state index contributed by atoms with van der Waals surface area (Å²) in [5.74, 6) is -0.251. The lowest BCUT2D eigenvalue weighted by Gasteiger charge is -2.04. The van der Waals surface area contributed by atoms with Gasteiger partial charge in [0.2, 0.25) is 5.91 Å². The summed E-state index contributed by atoms with van der Waals surface area (Å²) in [7, 11) is 1.96. The molecule has 116 valence electrons. The van der Waals surface area contributed by atoms with E-state index < -0.39 is 0 Å². The molecule has 4 nitrogen and oxygen atoms in total. The van der Waals surface area contributed by atoms with Gasteiger partial charge in [0, 0.05) is 23.7 Å². The summed E-state index contributed by atoms with van der Waals surface area (Å²) in [6.07, 6.45) is 5.69. The van der Waals surface area contributed by atoms with Crippen molar-refractivity contribution in [2.24, 2.45) is 7.05 Å². The van der Waals surface area contributed by atoms with Crippen LogP contribution in [-0.4, -0.2) is 15.5 Å². The maximum absolute atomic E-state index is 11.5. The first-order valence-corrected chi connectivity index (χ1v) is 7.56. The predicted octanol–water partition coefficient (Wildman–Crippen LogP) is 3.94. The first kappa shape index (κ1) is 15.3. The van der Waals surface area contributed by atoms with Crippen molar-refractivity contribution in [3.63, 3.8) is 0 Å². The van der Waals surface area contributed by atoms with E-state index in [0.717, 1.165) is 33.6 Å². The van der Waals surface area contributed by atoms with Crippen molar-refractivity contribution in [1.29, 1.82) is 0 Å². The van der Waals surface area contributed by atoms with Crippen LogP contribution in [0.1, 0.15) is 11.1 Å². The first-order valence-electron chi connectivity index (χ1n) is 7.18. The van der Waals surface area contributed by atoms with Gasteiger partial charge in [-0.25, -0.2) is 4.98 Å². The number of aromatic nitrogens is 2. The molecule has 0 saturated heterocycles. The molecule has 3 rings (SSSR count). The van der Waals surface area contributed by atoms with Crippen molar-refractivity contribution < 1.29 is 4.79 Å². The summed E-state index contributed by atoms with van der Waals surface area (Å²) >= 11 is 6.06. The van der Waals surface area contributed by atoms with Gasteiger partial charge >= 0.3 is 0 Å². The first-order chi connectivity index (χ1) is 11.1. The zero-order valence-corrected chi connectivity index (χ0v) is 13.5. The van der Waals surface area contributed by atoms with E-state index in [4.69, 9.17) is 11.6 Å². The molecule has 0 aliphatic heterocycles. The van der Waals surface area contributed by atoms with Gasteiger partial charge in [0.05, 0.1) is 11.9 Å². The van der Waals surface area contributed by atoms with Crippen LogP contribution in [0.3, 0.4) is 0 Å². The molecule has 0 spiro atoms. The zero-order valence-electron chi connectivity index (χ0n) is 12.7. The molecule has 0 unspecified atom stereocenters. The molecule has 1 amide bonds. The number of carbonyl (C=O) groups is 1. The molecular formula is C18H16ClN3O. The number of carbonyl (C=O) groups excluding carboxylic acids is 1. The van der Waals surface area contributed by atoms with Crippen LogP contribution in [0.2, 0.25) is 5.02 Å². The lowest BCUT2D eigenvalue weighted by atomic mass is 10.1. The molecule has 0 aliphatic rings. The van der Waals surface area contributed by atoms with E-state index in [2.05, 4.69) is 23.1 Å². The lowest BCUT2D eigenvalue weighted by Crippen LogP contribution is -2.07. The van der Waals surface area contributed by atoms with Crippen LogP contribution in [0.4, 0.5) is 5.69 Å². The molecule has 0 saturated carbocycles. The molecule has 2 heterocycles. The van der Waals surface area contributed by atoms with Crippen molar-refractivity contribution in [2.45, 2.75) is 6.42 Å². The van der Waals surface area contributed by atoms with E-state index in [-0.39, 0.29) is 5.91 Å². The highest BCUT2D eigenvalue weighted by Gasteiger charge is 2.10. The van der Waals surface area contributed by atoms with Crippen LogP contribution < -0.4 is 5.32 Å². The molecule has 23 heavy (non-hydrogen) atoms. The molecule has 0 bridgehead atoms. The molecule has 0 radical (unpaired) electrons. The van der Waals surface area contributed by atoms with E-state index in [0.29, 0.717) is 5.69 Å². The van der Waals surface area contributed by atoms with Crippen LogP contribution in [0.25, 0.3) is 11.0 Å².